The van der Waals surface area contributed by atoms with Crippen LogP contribution in [0.4, 0.5) is 14.5 Å². The van der Waals surface area contributed by atoms with Gasteiger partial charge >= 0.3 is 0 Å². The van der Waals surface area contributed by atoms with Crippen LogP contribution in [-0.2, 0) is 0 Å². The molecule has 1 aromatic rings. The van der Waals surface area contributed by atoms with E-state index in [4.69, 9.17) is 18.0 Å². The number of hydrogen-bond donors (Lipinski definition) is 1. The summed E-state index contributed by atoms with van der Waals surface area (Å²) in [7, 11) is 0. The fourth-order valence-electron chi connectivity index (χ4n) is 3.40. The summed E-state index contributed by atoms with van der Waals surface area (Å²) >= 11 is 4.74. The van der Waals surface area contributed by atoms with E-state index in [9.17, 15) is 8.78 Å². The van der Waals surface area contributed by atoms with Crippen molar-refractivity contribution in [3.8, 4) is 0 Å². The van der Waals surface area contributed by atoms with Crippen molar-refractivity contribution in [2.24, 2.45) is 5.73 Å². The van der Waals surface area contributed by atoms with Gasteiger partial charge in [-0.3, -0.25) is 4.90 Å². The third kappa shape index (κ3) is 2.74. The second-order valence-electron chi connectivity index (χ2n) is 5.76. The van der Waals surface area contributed by atoms with Crippen molar-refractivity contribution in [2.45, 2.75) is 25.3 Å². The summed E-state index contributed by atoms with van der Waals surface area (Å²) in [5.41, 5.74) is 5.71. The molecule has 2 aliphatic rings. The van der Waals surface area contributed by atoms with Gasteiger partial charge in [0.2, 0.25) is 0 Å². The van der Waals surface area contributed by atoms with Crippen molar-refractivity contribution in [1.82, 2.24) is 4.90 Å². The van der Waals surface area contributed by atoms with Crippen LogP contribution in [0.3, 0.4) is 0 Å². The number of nitrogens with two attached hydrogens (primary N) is 1. The van der Waals surface area contributed by atoms with E-state index in [0.29, 0.717) is 11.7 Å². The van der Waals surface area contributed by atoms with E-state index in [0.717, 1.165) is 39.0 Å². The minimum absolute atomic E-state index is 0.0245. The minimum atomic E-state index is -0.937. The van der Waals surface area contributed by atoms with Crippen molar-refractivity contribution in [1.29, 1.82) is 0 Å². The molecule has 2 fully saturated rings. The summed E-state index contributed by atoms with van der Waals surface area (Å²) in [6, 6.07) is 3.52. The summed E-state index contributed by atoms with van der Waals surface area (Å²) in [6.45, 7) is 3.66. The fourth-order valence-corrected chi connectivity index (χ4v) is 3.56. The molecule has 2 saturated heterocycles. The Morgan fingerprint density at radius 3 is 2.67 bits per heavy atom. The molecular formula is C15H19F2N3S. The van der Waals surface area contributed by atoms with Gasteiger partial charge in [-0.15, -0.1) is 0 Å². The molecule has 1 atom stereocenters. The van der Waals surface area contributed by atoms with Crippen molar-refractivity contribution >= 4 is 22.9 Å². The summed E-state index contributed by atoms with van der Waals surface area (Å²) < 4.78 is 28.4. The first-order chi connectivity index (χ1) is 10.1. The molecule has 114 valence electrons. The highest BCUT2D eigenvalue weighted by Gasteiger charge is 2.30. The van der Waals surface area contributed by atoms with E-state index >= 15 is 0 Å². The van der Waals surface area contributed by atoms with Crippen LogP contribution >= 0.6 is 12.2 Å². The lowest BCUT2D eigenvalue weighted by Gasteiger charge is -2.27. The monoisotopic (exact) mass is 311 g/mol. The van der Waals surface area contributed by atoms with E-state index in [1.165, 1.54) is 12.5 Å². The van der Waals surface area contributed by atoms with Gasteiger partial charge < -0.3 is 10.6 Å². The predicted octanol–water partition coefficient (Wildman–Crippen LogP) is 2.27. The first kappa shape index (κ1) is 14.7. The van der Waals surface area contributed by atoms with Crippen LogP contribution in [0.1, 0.15) is 24.8 Å². The minimum Gasteiger partial charge on any atom is -0.389 e. The number of rotatable bonds is 2. The van der Waals surface area contributed by atoms with Crippen LogP contribution in [0.15, 0.2) is 12.1 Å². The molecule has 0 radical (unpaired) electrons. The van der Waals surface area contributed by atoms with Gasteiger partial charge in [-0.05, 0) is 37.9 Å². The average Bonchev–Trinajstić information content (AvgIpc) is 2.79. The van der Waals surface area contributed by atoms with E-state index < -0.39 is 11.6 Å². The van der Waals surface area contributed by atoms with Crippen molar-refractivity contribution in [2.75, 3.05) is 31.1 Å². The maximum Gasteiger partial charge on any atom is 0.182 e. The molecule has 3 rings (SSSR count). The molecule has 21 heavy (non-hydrogen) atoms. The molecule has 1 aromatic carbocycles. The highest BCUT2D eigenvalue weighted by atomic mass is 32.1. The molecule has 0 spiro atoms. The molecule has 0 bridgehead atoms. The number of hydrogen-bond acceptors (Lipinski definition) is 3. The molecule has 0 amide bonds. The van der Waals surface area contributed by atoms with Crippen molar-refractivity contribution < 1.29 is 8.78 Å². The van der Waals surface area contributed by atoms with Gasteiger partial charge in [-0.25, -0.2) is 8.78 Å². The van der Waals surface area contributed by atoms with E-state index in [-0.39, 0.29) is 10.6 Å². The number of fused-ring (bicyclic) bond motifs is 1. The fraction of sp³-hybridized carbons (Fsp3) is 0.533. The molecular weight excluding hydrogens is 292 g/mol. The van der Waals surface area contributed by atoms with Crippen LogP contribution in [0.2, 0.25) is 0 Å². The summed E-state index contributed by atoms with van der Waals surface area (Å²) in [5, 5.41) is 0. The number of anilines is 1. The summed E-state index contributed by atoms with van der Waals surface area (Å²) in [6.07, 6.45) is 3.29. The van der Waals surface area contributed by atoms with Crippen LogP contribution in [0, 0.1) is 11.6 Å². The van der Waals surface area contributed by atoms with Crippen molar-refractivity contribution in [3.63, 3.8) is 0 Å². The third-order valence-electron chi connectivity index (χ3n) is 4.47. The maximum atomic E-state index is 14.3. The zero-order valence-corrected chi connectivity index (χ0v) is 12.6. The smallest absolute Gasteiger partial charge is 0.182 e. The first-order valence-electron chi connectivity index (χ1n) is 7.34. The van der Waals surface area contributed by atoms with E-state index in [2.05, 4.69) is 4.90 Å². The Morgan fingerprint density at radius 2 is 1.90 bits per heavy atom. The zero-order chi connectivity index (χ0) is 15.0. The molecule has 2 N–H and O–H groups in total. The Morgan fingerprint density at radius 1 is 1.14 bits per heavy atom. The standard InChI is InChI=1S/C15H19F2N3S/c16-13-11(15(18)21)4-5-12(14(13)17)20-8-2-7-19-6-1-3-10(19)9-20/h4-5,10H,1-3,6-9H2,(H2,18,21). The Labute approximate surface area is 128 Å². The zero-order valence-electron chi connectivity index (χ0n) is 11.8. The van der Waals surface area contributed by atoms with Crippen LogP contribution < -0.4 is 10.6 Å². The van der Waals surface area contributed by atoms with Gasteiger partial charge in [0, 0.05) is 31.2 Å². The predicted molar refractivity (Wildman–Crippen MR) is 83.7 cm³/mol. The molecule has 3 nitrogen and oxygen atoms in total. The Hall–Kier alpha value is -1.27. The largest absolute Gasteiger partial charge is 0.389 e. The molecule has 0 saturated carbocycles. The lowest BCUT2D eigenvalue weighted by atomic mass is 10.1. The Balaban J connectivity index is 1.89. The Bertz CT molecular complexity index is 564. The van der Waals surface area contributed by atoms with Crippen LogP contribution in [0.25, 0.3) is 0 Å². The summed E-state index contributed by atoms with van der Waals surface area (Å²) in [5.74, 6) is -1.78. The second-order valence-corrected chi connectivity index (χ2v) is 6.20. The van der Waals surface area contributed by atoms with Crippen LogP contribution in [0.5, 0.6) is 0 Å². The molecule has 0 aromatic heterocycles. The average molecular weight is 311 g/mol. The topological polar surface area (TPSA) is 32.5 Å². The highest BCUT2D eigenvalue weighted by Crippen LogP contribution is 2.29. The van der Waals surface area contributed by atoms with Gasteiger partial charge in [-0.2, -0.15) is 0 Å². The number of halogens is 2. The number of benzene rings is 1. The van der Waals surface area contributed by atoms with E-state index in [1.807, 2.05) is 4.90 Å². The molecule has 0 aliphatic carbocycles. The van der Waals surface area contributed by atoms with Gasteiger partial charge in [0.15, 0.2) is 11.6 Å². The van der Waals surface area contributed by atoms with Crippen molar-refractivity contribution in [3.05, 3.63) is 29.3 Å². The lowest BCUT2D eigenvalue weighted by Crippen LogP contribution is -2.37. The SMILES string of the molecule is NC(=S)c1ccc(N2CCCN3CCCC3C2)c(F)c1F. The lowest BCUT2D eigenvalue weighted by molar-refractivity contribution is 0.273. The molecule has 1 unspecified atom stereocenters. The van der Waals surface area contributed by atoms with Gasteiger partial charge in [-0.1, -0.05) is 12.2 Å². The molecule has 2 aliphatic heterocycles. The summed E-state index contributed by atoms with van der Waals surface area (Å²) in [4.78, 5) is 4.30. The van der Waals surface area contributed by atoms with E-state index in [1.54, 1.807) is 6.07 Å². The number of thiocarbonyl (C=S) groups is 1. The van der Waals surface area contributed by atoms with Gasteiger partial charge in [0.1, 0.15) is 4.99 Å². The van der Waals surface area contributed by atoms with Gasteiger partial charge in [0.05, 0.1) is 5.69 Å². The Kier molecular flexibility index (Phi) is 4.08. The van der Waals surface area contributed by atoms with Gasteiger partial charge in [0.25, 0.3) is 0 Å². The quantitative estimate of drug-likeness (QED) is 0.849. The maximum absolute atomic E-state index is 14.3. The highest BCUT2D eigenvalue weighted by molar-refractivity contribution is 7.80. The first-order valence-corrected chi connectivity index (χ1v) is 7.75. The third-order valence-corrected chi connectivity index (χ3v) is 4.69. The van der Waals surface area contributed by atoms with Crippen LogP contribution in [-0.4, -0.2) is 42.1 Å². The number of nitrogens with zero attached hydrogens (tertiary/aromatic N) is 2. The molecule has 2 heterocycles. The molecule has 6 heteroatoms. The normalized spacial score (nSPS) is 23.0. The second kappa shape index (κ2) is 5.85.